The van der Waals surface area contributed by atoms with E-state index in [4.69, 9.17) is 5.26 Å². The molecule has 1 unspecified atom stereocenters. The fourth-order valence-electron chi connectivity index (χ4n) is 1.60. The highest BCUT2D eigenvalue weighted by atomic mass is 15.2. The molecule has 0 fully saturated rings. The quantitative estimate of drug-likeness (QED) is 0.842. The molecule has 86 valence electrons. The van der Waals surface area contributed by atoms with Gasteiger partial charge < -0.3 is 5.32 Å². The van der Waals surface area contributed by atoms with Gasteiger partial charge in [0.25, 0.3) is 0 Å². The van der Waals surface area contributed by atoms with Crippen LogP contribution < -0.4 is 5.32 Å². The summed E-state index contributed by atoms with van der Waals surface area (Å²) in [6.45, 7) is 3.95. The number of aromatic amines is 1. The fraction of sp³-hybridized carbons (Fsp3) is 0.250. The van der Waals surface area contributed by atoms with Crippen molar-refractivity contribution in [2.45, 2.75) is 19.9 Å². The fourth-order valence-corrected chi connectivity index (χ4v) is 1.60. The van der Waals surface area contributed by atoms with Crippen LogP contribution in [0.1, 0.15) is 29.9 Å². The zero-order chi connectivity index (χ0) is 12.3. The van der Waals surface area contributed by atoms with E-state index in [2.05, 4.69) is 26.6 Å². The Kier molecular flexibility index (Phi) is 3.06. The van der Waals surface area contributed by atoms with E-state index in [1.165, 1.54) is 6.33 Å². The van der Waals surface area contributed by atoms with E-state index in [-0.39, 0.29) is 6.04 Å². The third kappa shape index (κ3) is 2.42. The van der Waals surface area contributed by atoms with E-state index >= 15 is 0 Å². The Balaban J connectivity index is 2.24. The molecule has 0 saturated heterocycles. The van der Waals surface area contributed by atoms with Gasteiger partial charge in [-0.25, -0.2) is 4.98 Å². The zero-order valence-electron chi connectivity index (χ0n) is 9.73. The smallest absolute Gasteiger partial charge is 0.146 e. The number of hydrogen-bond donors (Lipinski definition) is 2. The number of rotatable bonds is 3. The molecule has 0 bridgehead atoms. The summed E-state index contributed by atoms with van der Waals surface area (Å²) in [4.78, 5) is 4.08. The molecule has 0 aliphatic heterocycles. The minimum absolute atomic E-state index is 0.0219. The van der Waals surface area contributed by atoms with Crippen LogP contribution in [0.5, 0.6) is 0 Å². The van der Waals surface area contributed by atoms with Crippen LogP contribution in [-0.4, -0.2) is 15.2 Å². The Morgan fingerprint density at radius 1 is 1.47 bits per heavy atom. The van der Waals surface area contributed by atoms with Crippen molar-refractivity contribution in [1.82, 2.24) is 15.2 Å². The molecule has 0 aliphatic carbocycles. The minimum Gasteiger partial charge on any atom is -0.374 e. The van der Waals surface area contributed by atoms with Gasteiger partial charge in [0.1, 0.15) is 18.2 Å². The van der Waals surface area contributed by atoms with Crippen molar-refractivity contribution < 1.29 is 0 Å². The van der Waals surface area contributed by atoms with Gasteiger partial charge in [0.05, 0.1) is 17.3 Å². The first-order chi connectivity index (χ1) is 8.20. The van der Waals surface area contributed by atoms with Crippen molar-refractivity contribution in [1.29, 1.82) is 5.26 Å². The number of nitriles is 1. The summed E-state index contributed by atoms with van der Waals surface area (Å²) in [6.07, 6.45) is 1.47. The highest BCUT2D eigenvalue weighted by molar-refractivity contribution is 5.59. The molecular formula is C12H13N5. The van der Waals surface area contributed by atoms with E-state index in [0.717, 1.165) is 17.1 Å². The lowest BCUT2D eigenvalue weighted by Crippen LogP contribution is -2.09. The van der Waals surface area contributed by atoms with Crippen molar-refractivity contribution in [2.75, 3.05) is 5.32 Å². The number of hydrogen-bond acceptors (Lipinski definition) is 4. The summed E-state index contributed by atoms with van der Waals surface area (Å²) in [7, 11) is 0. The highest BCUT2D eigenvalue weighted by Gasteiger charge is 2.10. The molecule has 2 rings (SSSR count). The lowest BCUT2D eigenvalue weighted by Gasteiger charge is -2.14. The predicted octanol–water partition coefficient (Wildman–Crippen LogP) is 2.16. The average Bonchev–Trinajstić information content (AvgIpc) is 2.83. The number of nitrogens with one attached hydrogen (secondary N) is 2. The third-order valence-electron chi connectivity index (χ3n) is 2.51. The van der Waals surface area contributed by atoms with E-state index in [0.29, 0.717) is 5.56 Å². The second-order valence-electron chi connectivity index (χ2n) is 3.90. The molecule has 0 amide bonds. The highest BCUT2D eigenvalue weighted by Crippen LogP contribution is 2.21. The molecule has 5 heteroatoms. The number of aryl methyl sites for hydroxylation is 1. The number of aromatic nitrogens is 3. The summed E-state index contributed by atoms with van der Waals surface area (Å²) < 4.78 is 0. The van der Waals surface area contributed by atoms with Gasteiger partial charge in [0.2, 0.25) is 0 Å². The first kappa shape index (κ1) is 11.1. The van der Waals surface area contributed by atoms with Crippen LogP contribution in [-0.2, 0) is 0 Å². The molecule has 1 aromatic heterocycles. The summed E-state index contributed by atoms with van der Waals surface area (Å²) in [6, 6.07) is 7.82. The molecule has 0 spiro atoms. The summed E-state index contributed by atoms with van der Waals surface area (Å²) in [5, 5.41) is 18.9. The van der Waals surface area contributed by atoms with Gasteiger partial charge >= 0.3 is 0 Å². The van der Waals surface area contributed by atoms with E-state index in [1.807, 2.05) is 32.0 Å². The van der Waals surface area contributed by atoms with Gasteiger partial charge in [0, 0.05) is 0 Å². The van der Waals surface area contributed by atoms with Crippen LogP contribution in [0.25, 0.3) is 0 Å². The standard InChI is InChI=1S/C12H13N5/c1-8-3-4-10(6-13)11(5-8)16-9(2)12-14-7-15-17-12/h3-5,7,9,16H,1-2H3,(H,14,15,17). The third-order valence-corrected chi connectivity index (χ3v) is 2.51. The normalized spacial score (nSPS) is 11.8. The van der Waals surface area contributed by atoms with E-state index in [9.17, 15) is 0 Å². The second kappa shape index (κ2) is 4.66. The van der Waals surface area contributed by atoms with Crippen LogP contribution >= 0.6 is 0 Å². The number of anilines is 1. The first-order valence-corrected chi connectivity index (χ1v) is 5.33. The van der Waals surface area contributed by atoms with E-state index in [1.54, 1.807) is 0 Å². The van der Waals surface area contributed by atoms with Crippen molar-refractivity contribution in [3.63, 3.8) is 0 Å². The molecule has 1 heterocycles. The molecule has 17 heavy (non-hydrogen) atoms. The summed E-state index contributed by atoms with van der Waals surface area (Å²) in [5.41, 5.74) is 2.55. The second-order valence-corrected chi connectivity index (χ2v) is 3.90. The van der Waals surface area contributed by atoms with Gasteiger partial charge in [-0.05, 0) is 31.5 Å². The predicted molar refractivity (Wildman–Crippen MR) is 64.3 cm³/mol. The molecule has 1 aromatic carbocycles. The van der Waals surface area contributed by atoms with Crippen molar-refractivity contribution in [3.8, 4) is 6.07 Å². The molecule has 2 aromatic rings. The first-order valence-electron chi connectivity index (χ1n) is 5.33. The van der Waals surface area contributed by atoms with Gasteiger partial charge in [-0.2, -0.15) is 10.4 Å². The Labute approximate surface area is 99.5 Å². The monoisotopic (exact) mass is 227 g/mol. The SMILES string of the molecule is Cc1ccc(C#N)c(NC(C)c2ncn[nH]2)c1. The van der Waals surface area contributed by atoms with Crippen LogP contribution in [0.15, 0.2) is 24.5 Å². The molecule has 1 atom stereocenters. The zero-order valence-corrected chi connectivity index (χ0v) is 9.73. The van der Waals surface area contributed by atoms with Crippen LogP contribution in [0.4, 0.5) is 5.69 Å². The Bertz CT molecular complexity index is 539. The maximum Gasteiger partial charge on any atom is 0.146 e. The number of nitrogens with zero attached hydrogens (tertiary/aromatic N) is 3. The van der Waals surface area contributed by atoms with Crippen molar-refractivity contribution in [3.05, 3.63) is 41.5 Å². The molecular weight excluding hydrogens is 214 g/mol. The van der Waals surface area contributed by atoms with Crippen LogP contribution in [0, 0.1) is 18.3 Å². The molecule has 0 radical (unpaired) electrons. The molecule has 0 aliphatic rings. The Morgan fingerprint density at radius 3 is 2.94 bits per heavy atom. The lowest BCUT2D eigenvalue weighted by atomic mass is 10.1. The Morgan fingerprint density at radius 2 is 2.29 bits per heavy atom. The van der Waals surface area contributed by atoms with Crippen LogP contribution in [0.3, 0.4) is 0 Å². The summed E-state index contributed by atoms with van der Waals surface area (Å²) in [5.74, 6) is 0.746. The Hall–Kier alpha value is -2.35. The number of H-pyrrole nitrogens is 1. The number of benzene rings is 1. The topological polar surface area (TPSA) is 77.4 Å². The van der Waals surface area contributed by atoms with Gasteiger partial charge in [-0.1, -0.05) is 6.07 Å². The minimum atomic E-state index is -0.0219. The van der Waals surface area contributed by atoms with Gasteiger partial charge in [-0.15, -0.1) is 0 Å². The maximum atomic E-state index is 9.03. The largest absolute Gasteiger partial charge is 0.374 e. The summed E-state index contributed by atoms with van der Waals surface area (Å²) >= 11 is 0. The van der Waals surface area contributed by atoms with Crippen LogP contribution in [0.2, 0.25) is 0 Å². The molecule has 2 N–H and O–H groups in total. The molecule has 5 nitrogen and oxygen atoms in total. The van der Waals surface area contributed by atoms with E-state index < -0.39 is 0 Å². The molecule has 0 saturated carbocycles. The maximum absolute atomic E-state index is 9.03. The lowest BCUT2D eigenvalue weighted by molar-refractivity contribution is 0.795. The van der Waals surface area contributed by atoms with Crippen molar-refractivity contribution >= 4 is 5.69 Å². The van der Waals surface area contributed by atoms with Gasteiger partial charge in [-0.3, -0.25) is 5.10 Å². The van der Waals surface area contributed by atoms with Gasteiger partial charge in [0.15, 0.2) is 0 Å². The average molecular weight is 227 g/mol. The van der Waals surface area contributed by atoms with Crippen molar-refractivity contribution in [2.24, 2.45) is 0 Å².